The zero-order valence-electron chi connectivity index (χ0n) is 18.3. The van der Waals surface area contributed by atoms with Crippen LogP contribution in [-0.2, 0) is 9.30 Å². The fourth-order valence-corrected chi connectivity index (χ4v) is 4.97. The van der Waals surface area contributed by atoms with Crippen LogP contribution in [0.3, 0.4) is 0 Å². The molecule has 1 saturated heterocycles. The van der Waals surface area contributed by atoms with Crippen molar-refractivity contribution in [3.05, 3.63) is 39.9 Å². The van der Waals surface area contributed by atoms with Crippen molar-refractivity contribution < 1.29 is 28.3 Å². The lowest BCUT2D eigenvalue weighted by Gasteiger charge is -2.25. The maximum atomic E-state index is 15.0. The number of carbonyl (C=O) groups is 1. The molecule has 1 aromatic carbocycles. The molecule has 4 N–H and O–H groups in total. The normalized spacial score (nSPS) is 19.7. The van der Waals surface area contributed by atoms with Crippen LogP contribution in [0.4, 0.5) is 10.1 Å². The molecule has 0 radical (unpaired) electrons. The van der Waals surface area contributed by atoms with E-state index in [2.05, 4.69) is 10.6 Å². The molecule has 1 aromatic heterocycles. The van der Waals surface area contributed by atoms with Crippen molar-refractivity contribution in [2.75, 3.05) is 31.2 Å². The van der Waals surface area contributed by atoms with Gasteiger partial charge in [-0.2, -0.15) is 0 Å². The molecule has 11 heteroatoms. The van der Waals surface area contributed by atoms with Gasteiger partial charge in [-0.1, -0.05) is 19.3 Å². The second kappa shape index (κ2) is 9.93. The van der Waals surface area contributed by atoms with Crippen LogP contribution in [0.2, 0.25) is 0 Å². The lowest BCUT2D eigenvalue weighted by atomic mass is 9.95. The third kappa shape index (κ3) is 5.63. The number of aromatic nitrogens is 1. The molecule has 2 aliphatic rings. The van der Waals surface area contributed by atoms with E-state index in [4.69, 9.17) is 14.5 Å². The maximum absolute atomic E-state index is 15.0. The van der Waals surface area contributed by atoms with E-state index in [0.29, 0.717) is 30.8 Å². The predicted octanol–water partition coefficient (Wildman–Crippen LogP) is 2.75. The molecule has 0 spiro atoms. The summed E-state index contributed by atoms with van der Waals surface area (Å²) < 4.78 is 33.3. The molecule has 0 unspecified atom stereocenters. The van der Waals surface area contributed by atoms with Gasteiger partial charge in [-0.3, -0.25) is 14.2 Å². The molecular weight excluding hydrogens is 452 g/mol. The quantitative estimate of drug-likeness (QED) is 0.448. The Balaban J connectivity index is 1.72. The smallest absolute Gasteiger partial charge is 0.327 e. The van der Waals surface area contributed by atoms with E-state index in [1.165, 1.54) is 18.7 Å². The van der Waals surface area contributed by atoms with Crippen LogP contribution >= 0.6 is 7.60 Å². The first-order valence-corrected chi connectivity index (χ1v) is 13.1. The van der Waals surface area contributed by atoms with E-state index in [0.717, 1.165) is 25.7 Å². The van der Waals surface area contributed by atoms with E-state index >= 15 is 4.39 Å². The fraction of sp³-hybridized carbons (Fsp3) is 0.545. The van der Waals surface area contributed by atoms with Crippen LogP contribution in [0.15, 0.2) is 23.1 Å². The Labute approximate surface area is 190 Å². The van der Waals surface area contributed by atoms with Gasteiger partial charge in [0.25, 0.3) is 5.91 Å². The summed E-state index contributed by atoms with van der Waals surface area (Å²) in [5.74, 6) is -1.31. The van der Waals surface area contributed by atoms with Crippen molar-refractivity contribution in [3.8, 4) is 0 Å². The number of pyridine rings is 1. The number of nitrogens with one attached hydrogen (secondary N) is 2. The Kier molecular flexibility index (Phi) is 7.19. The first-order chi connectivity index (χ1) is 15.7. The topological polar surface area (TPSA) is 130 Å². The first kappa shape index (κ1) is 23.9. The Morgan fingerprint density at radius 1 is 1.21 bits per heavy atom. The average Bonchev–Trinajstić information content (AvgIpc) is 3.29. The number of amides is 1. The average molecular weight is 481 g/mol. The number of rotatable bonds is 7. The Morgan fingerprint density at radius 2 is 1.97 bits per heavy atom. The molecule has 33 heavy (non-hydrogen) atoms. The molecule has 180 valence electrons. The minimum atomic E-state index is -4.29. The highest BCUT2D eigenvalue weighted by Crippen LogP contribution is 2.33. The van der Waals surface area contributed by atoms with Gasteiger partial charge in [0.1, 0.15) is 11.4 Å². The molecule has 2 aromatic rings. The largest absolute Gasteiger partial charge is 0.380 e. The molecule has 4 rings (SSSR count). The molecule has 2 fully saturated rings. The molecule has 9 nitrogen and oxygen atoms in total. The Morgan fingerprint density at radius 3 is 2.64 bits per heavy atom. The van der Waals surface area contributed by atoms with Gasteiger partial charge >= 0.3 is 7.60 Å². The second-order valence-corrected chi connectivity index (χ2v) is 10.5. The van der Waals surface area contributed by atoms with E-state index < -0.39 is 30.9 Å². The number of nitrogens with zero attached hydrogens (tertiary/aromatic N) is 1. The van der Waals surface area contributed by atoms with Crippen molar-refractivity contribution in [1.82, 2.24) is 9.88 Å². The van der Waals surface area contributed by atoms with Gasteiger partial charge < -0.3 is 29.7 Å². The summed E-state index contributed by atoms with van der Waals surface area (Å²) in [5, 5.41) is 5.74. The van der Waals surface area contributed by atoms with Crippen LogP contribution in [0, 0.1) is 5.82 Å². The molecule has 1 amide bonds. The number of carbonyl (C=O) groups excluding carboxylic acids is 1. The standard InChI is InChI=1S/C22H29FN3O6P/c23-18-10-16-20(11-19(18)25-14-4-2-1-3-5-14)26(15-6-8-32-13-15)12-17(21(16)27)22(28)24-7-9-33(29,30)31/h10-12,14-15,25H,1-9,13H2,(H,24,28)(H2,29,30,31)/t15-/m0/s1. The third-order valence-corrected chi connectivity index (χ3v) is 7.12. The number of benzene rings is 1. The second-order valence-electron chi connectivity index (χ2n) is 8.77. The lowest BCUT2D eigenvalue weighted by molar-refractivity contribution is 0.0954. The van der Waals surface area contributed by atoms with Crippen molar-refractivity contribution >= 4 is 30.1 Å². The van der Waals surface area contributed by atoms with Gasteiger partial charge in [-0.15, -0.1) is 0 Å². The third-order valence-electron chi connectivity index (χ3n) is 6.32. The van der Waals surface area contributed by atoms with E-state index in [9.17, 15) is 14.2 Å². The highest BCUT2D eigenvalue weighted by atomic mass is 31.2. The fourth-order valence-electron chi connectivity index (χ4n) is 4.56. The van der Waals surface area contributed by atoms with Crippen molar-refractivity contribution in [2.24, 2.45) is 0 Å². The summed E-state index contributed by atoms with van der Waals surface area (Å²) in [6.45, 7) is 0.655. The van der Waals surface area contributed by atoms with E-state index in [1.807, 2.05) is 0 Å². The zero-order chi connectivity index (χ0) is 23.6. The van der Waals surface area contributed by atoms with Gasteiger partial charge in [0.05, 0.1) is 30.0 Å². The number of fused-ring (bicyclic) bond motifs is 1. The van der Waals surface area contributed by atoms with Gasteiger partial charge in [0.15, 0.2) is 0 Å². The molecular formula is C22H29FN3O6P. The van der Waals surface area contributed by atoms with Gasteiger partial charge in [0, 0.05) is 30.8 Å². The number of hydrogen-bond donors (Lipinski definition) is 4. The Hall–Kier alpha value is -2.26. The number of ether oxygens (including phenoxy) is 1. The monoisotopic (exact) mass is 481 g/mol. The highest BCUT2D eigenvalue weighted by molar-refractivity contribution is 7.51. The van der Waals surface area contributed by atoms with Crippen molar-refractivity contribution in [1.29, 1.82) is 0 Å². The molecule has 0 bridgehead atoms. The minimum absolute atomic E-state index is 0.0798. The minimum Gasteiger partial charge on any atom is -0.380 e. The molecule has 1 aliphatic heterocycles. The lowest BCUT2D eigenvalue weighted by Crippen LogP contribution is -2.32. The van der Waals surface area contributed by atoms with E-state index in [-0.39, 0.29) is 29.6 Å². The van der Waals surface area contributed by atoms with E-state index in [1.54, 1.807) is 10.6 Å². The summed E-state index contributed by atoms with van der Waals surface area (Å²) in [7, 11) is -4.29. The van der Waals surface area contributed by atoms with Gasteiger partial charge in [-0.05, 0) is 31.4 Å². The molecule has 1 saturated carbocycles. The number of anilines is 1. The van der Waals surface area contributed by atoms with Crippen LogP contribution in [0.1, 0.15) is 54.9 Å². The highest BCUT2D eigenvalue weighted by Gasteiger charge is 2.25. The molecule has 2 heterocycles. The molecule has 1 atom stereocenters. The van der Waals surface area contributed by atoms with Crippen LogP contribution in [0.5, 0.6) is 0 Å². The summed E-state index contributed by atoms with van der Waals surface area (Å²) >= 11 is 0. The number of hydrogen-bond acceptors (Lipinski definition) is 5. The van der Waals surface area contributed by atoms with Crippen LogP contribution < -0.4 is 16.1 Å². The maximum Gasteiger partial charge on any atom is 0.327 e. The van der Waals surface area contributed by atoms with Gasteiger partial charge in [0.2, 0.25) is 5.43 Å². The predicted molar refractivity (Wildman–Crippen MR) is 122 cm³/mol. The SMILES string of the molecule is O=C(NCCP(=O)(O)O)c1cn([C@H]2CCOC2)c2cc(NC3CCCCC3)c(F)cc2c1=O. The number of halogens is 1. The summed E-state index contributed by atoms with van der Waals surface area (Å²) in [5.41, 5.74) is 0.0201. The Bertz CT molecular complexity index is 1140. The summed E-state index contributed by atoms with van der Waals surface area (Å²) in [4.78, 5) is 43.7. The van der Waals surface area contributed by atoms with Crippen LogP contribution in [-0.4, -0.2) is 52.2 Å². The first-order valence-electron chi connectivity index (χ1n) is 11.3. The summed E-state index contributed by atoms with van der Waals surface area (Å²) in [6.07, 6.45) is 6.89. The summed E-state index contributed by atoms with van der Waals surface area (Å²) in [6, 6.07) is 2.86. The molecule has 1 aliphatic carbocycles. The zero-order valence-corrected chi connectivity index (χ0v) is 19.2. The van der Waals surface area contributed by atoms with Crippen LogP contribution in [0.25, 0.3) is 10.9 Å². The van der Waals surface area contributed by atoms with Crippen molar-refractivity contribution in [3.63, 3.8) is 0 Å². The van der Waals surface area contributed by atoms with Crippen molar-refractivity contribution in [2.45, 2.75) is 50.6 Å². The van der Waals surface area contributed by atoms with Gasteiger partial charge in [-0.25, -0.2) is 4.39 Å².